The van der Waals surface area contributed by atoms with Gasteiger partial charge in [-0.1, -0.05) is 18.2 Å². The van der Waals surface area contributed by atoms with Gasteiger partial charge in [-0.2, -0.15) is 9.78 Å². The second-order valence-corrected chi connectivity index (χ2v) is 9.89. The van der Waals surface area contributed by atoms with E-state index < -0.39 is 9.84 Å². The standard InChI is InChI=1S/C19H25N7O2S/c1-14-18(15(2)25(21-14)17-9-10-29(27,28)13-17)11-24(3)12-19-20-22-23-26(19)16-7-5-4-6-8-16/h4-8,17H,9-13H2,1-3H3/t17-/m1/s1. The van der Waals surface area contributed by atoms with Crippen molar-refractivity contribution in [3.63, 3.8) is 0 Å². The monoisotopic (exact) mass is 415 g/mol. The van der Waals surface area contributed by atoms with E-state index in [0.717, 1.165) is 28.5 Å². The Bertz CT molecular complexity index is 1110. The van der Waals surface area contributed by atoms with Crippen molar-refractivity contribution in [3.8, 4) is 5.69 Å². The normalized spacial score (nSPS) is 18.6. The summed E-state index contributed by atoms with van der Waals surface area (Å²) in [5.41, 5.74) is 4.00. The van der Waals surface area contributed by atoms with Gasteiger partial charge in [-0.15, -0.1) is 5.10 Å². The van der Waals surface area contributed by atoms with E-state index in [1.54, 1.807) is 4.68 Å². The molecule has 1 aromatic carbocycles. The smallest absolute Gasteiger partial charge is 0.170 e. The highest BCUT2D eigenvalue weighted by Gasteiger charge is 2.31. The number of aromatic nitrogens is 6. The van der Waals surface area contributed by atoms with Crippen LogP contribution in [0, 0.1) is 13.8 Å². The summed E-state index contributed by atoms with van der Waals surface area (Å²) in [6.07, 6.45) is 0.630. The number of benzene rings is 1. The molecule has 0 saturated carbocycles. The maximum Gasteiger partial charge on any atom is 0.170 e. The Balaban J connectivity index is 1.50. The summed E-state index contributed by atoms with van der Waals surface area (Å²) in [4.78, 5) is 2.14. The van der Waals surface area contributed by atoms with Gasteiger partial charge in [0.2, 0.25) is 0 Å². The zero-order valence-corrected chi connectivity index (χ0v) is 17.7. The van der Waals surface area contributed by atoms with Crippen LogP contribution in [0.3, 0.4) is 0 Å². The molecule has 3 heterocycles. The van der Waals surface area contributed by atoms with E-state index in [9.17, 15) is 8.42 Å². The fourth-order valence-corrected chi connectivity index (χ4v) is 5.58. The molecule has 1 aliphatic rings. The first-order chi connectivity index (χ1) is 13.8. The number of para-hydroxylation sites is 1. The molecule has 0 aliphatic carbocycles. The second kappa shape index (κ2) is 7.68. The van der Waals surface area contributed by atoms with Crippen molar-refractivity contribution in [2.75, 3.05) is 18.6 Å². The van der Waals surface area contributed by atoms with Crippen LogP contribution in [0.25, 0.3) is 5.69 Å². The first kappa shape index (κ1) is 19.7. The van der Waals surface area contributed by atoms with Crippen LogP contribution in [-0.2, 0) is 22.9 Å². The molecule has 4 rings (SSSR count). The average molecular weight is 416 g/mol. The summed E-state index contributed by atoms with van der Waals surface area (Å²) in [6.45, 7) is 5.24. The Kier molecular flexibility index (Phi) is 5.22. The van der Waals surface area contributed by atoms with Crippen molar-refractivity contribution < 1.29 is 8.42 Å². The van der Waals surface area contributed by atoms with E-state index in [0.29, 0.717) is 19.5 Å². The third kappa shape index (κ3) is 4.08. The molecule has 1 aliphatic heterocycles. The SMILES string of the molecule is Cc1nn([C@@H]2CCS(=O)(=O)C2)c(C)c1CN(C)Cc1nnnn1-c1ccccc1. The molecule has 154 valence electrons. The molecule has 29 heavy (non-hydrogen) atoms. The summed E-state index contributed by atoms with van der Waals surface area (Å²) in [5.74, 6) is 1.17. The summed E-state index contributed by atoms with van der Waals surface area (Å²) in [6, 6.07) is 9.73. The first-order valence-corrected chi connectivity index (χ1v) is 11.4. The molecule has 10 heteroatoms. The molecule has 3 aromatic rings. The van der Waals surface area contributed by atoms with Gasteiger partial charge in [0.15, 0.2) is 15.7 Å². The first-order valence-electron chi connectivity index (χ1n) is 9.60. The topological polar surface area (TPSA) is 98.8 Å². The Morgan fingerprint density at radius 2 is 1.93 bits per heavy atom. The van der Waals surface area contributed by atoms with E-state index in [-0.39, 0.29) is 17.5 Å². The van der Waals surface area contributed by atoms with Crippen molar-refractivity contribution in [1.82, 2.24) is 34.9 Å². The molecule has 1 saturated heterocycles. The van der Waals surface area contributed by atoms with Crippen molar-refractivity contribution in [2.24, 2.45) is 0 Å². The lowest BCUT2D eigenvalue weighted by molar-refractivity contribution is 0.306. The van der Waals surface area contributed by atoms with Gasteiger partial charge in [0, 0.05) is 17.8 Å². The van der Waals surface area contributed by atoms with E-state index >= 15 is 0 Å². The van der Waals surface area contributed by atoms with Crippen molar-refractivity contribution >= 4 is 9.84 Å². The summed E-state index contributed by atoms with van der Waals surface area (Å²) >= 11 is 0. The summed E-state index contributed by atoms with van der Waals surface area (Å²) in [7, 11) is -0.934. The van der Waals surface area contributed by atoms with E-state index in [1.807, 2.05) is 55.9 Å². The number of rotatable bonds is 6. The van der Waals surface area contributed by atoms with Gasteiger partial charge in [0.25, 0.3) is 0 Å². The van der Waals surface area contributed by atoms with Gasteiger partial charge < -0.3 is 0 Å². The van der Waals surface area contributed by atoms with Gasteiger partial charge in [0.05, 0.1) is 35.5 Å². The fourth-order valence-electron chi connectivity index (χ4n) is 3.89. The molecule has 0 radical (unpaired) electrons. The Morgan fingerprint density at radius 3 is 2.62 bits per heavy atom. The predicted molar refractivity (Wildman–Crippen MR) is 108 cm³/mol. The molecule has 0 amide bonds. The molecular formula is C19H25N7O2S. The van der Waals surface area contributed by atoms with Gasteiger partial charge in [-0.25, -0.2) is 8.42 Å². The van der Waals surface area contributed by atoms with E-state index in [2.05, 4.69) is 25.5 Å². The average Bonchev–Trinajstić information content (AvgIpc) is 3.36. The van der Waals surface area contributed by atoms with Crippen LogP contribution in [0.4, 0.5) is 0 Å². The molecular weight excluding hydrogens is 390 g/mol. The van der Waals surface area contributed by atoms with Crippen LogP contribution in [0.5, 0.6) is 0 Å². The Labute approximate surface area is 170 Å². The Morgan fingerprint density at radius 1 is 1.17 bits per heavy atom. The van der Waals surface area contributed by atoms with Crippen LogP contribution in [0.15, 0.2) is 30.3 Å². The maximum absolute atomic E-state index is 11.9. The molecule has 0 spiro atoms. The summed E-state index contributed by atoms with van der Waals surface area (Å²) in [5, 5.41) is 16.8. The number of nitrogens with zero attached hydrogens (tertiary/aromatic N) is 7. The minimum absolute atomic E-state index is 0.0665. The van der Waals surface area contributed by atoms with Crippen molar-refractivity contribution in [1.29, 1.82) is 0 Å². The quantitative estimate of drug-likeness (QED) is 0.601. The number of hydrogen-bond donors (Lipinski definition) is 0. The number of hydrogen-bond acceptors (Lipinski definition) is 7. The number of aryl methyl sites for hydroxylation is 1. The third-order valence-corrected chi connectivity index (χ3v) is 7.15. The number of sulfone groups is 1. The lowest BCUT2D eigenvalue weighted by Gasteiger charge is -2.17. The van der Waals surface area contributed by atoms with Crippen LogP contribution in [0.2, 0.25) is 0 Å². The Hall–Kier alpha value is -2.59. The zero-order chi connectivity index (χ0) is 20.6. The second-order valence-electron chi connectivity index (χ2n) is 7.67. The van der Waals surface area contributed by atoms with Gasteiger partial charge >= 0.3 is 0 Å². The van der Waals surface area contributed by atoms with Crippen LogP contribution in [0.1, 0.15) is 35.2 Å². The molecule has 0 bridgehead atoms. The third-order valence-electron chi connectivity index (χ3n) is 5.40. The highest BCUT2D eigenvalue weighted by molar-refractivity contribution is 7.91. The molecule has 1 atom stereocenters. The van der Waals surface area contributed by atoms with Crippen molar-refractivity contribution in [3.05, 3.63) is 53.1 Å². The lowest BCUT2D eigenvalue weighted by atomic mass is 10.1. The molecule has 0 unspecified atom stereocenters. The zero-order valence-electron chi connectivity index (χ0n) is 16.9. The van der Waals surface area contributed by atoms with Gasteiger partial charge in [-0.05, 0) is 49.9 Å². The molecule has 0 N–H and O–H groups in total. The van der Waals surface area contributed by atoms with Gasteiger partial charge in [-0.3, -0.25) is 9.58 Å². The molecule has 9 nitrogen and oxygen atoms in total. The van der Waals surface area contributed by atoms with Crippen LogP contribution >= 0.6 is 0 Å². The minimum atomic E-state index is -2.95. The minimum Gasteiger partial charge on any atom is -0.295 e. The predicted octanol–water partition coefficient (Wildman–Crippen LogP) is 1.47. The highest BCUT2D eigenvalue weighted by Crippen LogP contribution is 2.27. The van der Waals surface area contributed by atoms with Gasteiger partial charge in [0.1, 0.15) is 0 Å². The maximum atomic E-state index is 11.9. The van der Waals surface area contributed by atoms with Crippen LogP contribution in [-0.4, -0.2) is 61.9 Å². The van der Waals surface area contributed by atoms with E-state index in [1.165, 1.54) is 0 Å². The van der Waals surface area contributed by atoms with Crippen molar-refractivity contribution in [2.45, 2.75) is 39.4 Å². The molecule has 2 aromatic heterocycles. The largest absolute Gasteiger partial charge is 0.295 e. The highest BCUT2D eigenvalue weighted by atomic mass is 32.2. The van der Waals surface area contributed by atoms with Crippen LogP contribution < -0.4 is 0 Å². The molecule has 1 fully saturated rings. The lowest BCUT2D eigenvalue weighted by Crippen LogP contribution is -2.21. The van der Waals surface area contributed by atoms with E-state index in [4.69, 9.17) is 0 Å². The fraction of sp³-hybridized carbons (Fsp3) is 0.474. The summed E-state index contributed by atoms with van der Waals surface area (Å²) < 4.78 is 27.3. The number of tetrazole rings is 1.